The molecule has 2 atom stereocenters. The molecule has 178 valence electrons. The number of likely N-dealkylation sites (tertiary alicyclic amines) is 1. The van der Waals surface area contributed by atoms with Crippen molar-refractivity contribution < 1.29 is 27.6 Å². The first-order valence-electron chi connectivity index (χ1n) is 10.7. The van der Waals surface area contributed by atoms with Crippen LogP contribution in [-0.2, 0) is 9.59 Å². The van der Waals surface area contributed by atoms with Gasteiger partial charge in [0, 0.05) is 43.1 Å². The third-order valence-electron chi connectivity index (χ3n) is 5.57. The van der Waals surface area contributed by atoms with E-state index in [0.29, 0.717) is 30.0 Å². The smallest absolute Gasteiger partial charge is 0.350 e. The lowest BCUT2D eigenvalue weighted by atomic mass is 9.84. The Morgan fingerprint density at radius 1 is 1.24 bits per heavy atom. The second-order valence-electron chi connectivity index (χ2n) is 8.55. The van der Waals surface area contributed by atoms with Crippen molar-refractivity contribution in [1.82, 2.24) is 25.5 Å². The molecule has 1 fully saturated rings. The number of carbonyl (C=O) groups is 3. The quantitative estimate of drug-likeness (QED) is 0.681. The van der Waals surface area contributed by atoms with Crippen molar-refractivity contribution in [3.8, 4) is 0 Å². The minimum atomic E-state index is -5.06. The molecule has 0 unspecified atom stereocenters. The van der Waals surface area contributed by atoms with Crippen LogP contribution in [0.15, 0.2) is 30.7 Å². The van der Waals surface area contributed by atoms with Gasteiger partial charge in [-0.2, -0.15) is 13.2 Å². The van der Waals surface area contributed by atoms with Gasteiger partial charge in [-0.25, -0.2) is 0 Å². The predicted octanol–water partition coefficient (Wildman–Crippen LogP) is 2.30. The summed E-state index contributed by atoms with van der Waals surface area (Å²) in [6, 6.07) is 3.09. The van der Waals surface area contributed by atoms with E-state index in [0.717, 1.165) is 11.8 Å². The highest BCUT2D eigenvalue weighted by Crippen LogP contribution is 2.27. The molecule has 0 radical (unpaired) electrons. The van der Waals surface area contributed by atoms with Gasteiger partial charge in [-0.15, -0.1) is 0 Å². The van der Waals surface area contributed by atoms with E-state index in [9.17, 15) is 27.6 Å². The van der Waals surface area contributed by atoms with Crippen molar-refractivity contribution in [2.45, 2.75) is 38.9 Å². The molecule has 1 aliphatic rings. The second-order valence-corrected chi connectivity index (χ2v) is 8.55. The highest BCUT2D eigenvalue weighted by Gasteiger charge is 2.39. The van der Waals surface area contributed by atoms with Crippen LogP contribution in [0.25, 0.3) is 10.9 Å². The largest absolute Gasteiger partial charge is 0.471 e. The Morgan fingerprint density at radius 2 is 2.00 bits per heavy atom. The standard InChI is InChI=1S/C22H26F3N5O3/c1-13(2)8-14-5-7-30(12-17(14)29-18(31)11-28-21(33)22(23,24)25)20(32)16-10-26-9-15-4-3-6-27-19(15)16/h3-4,6,9-10,13-14,17H,5,7-8,11-12H2,1-2H3,(H,28,33)(H,29,31)/t14-,17+/m0/s1. The summed E-state index contributed by atoms with van der Waals surface area (Å²) in [5.41, 5.74) is 0.871. The highest BCUT2D eigenvalue weighted by molar-refractivity contribution is 6.04. The van der Waals surface area contributed by atoms with Crippen LogP contribution in [-0.4, -0.2) is 64.4 Å². The van der Waals surface area contributed by atoms with E-state index in [-0.39, 0.29) is 18.4 Å². The lowest BCUT2D eigenvalue weighted by Crippen LogP contribution is -2.56. The van der Waals surface area contributed by atoms with E-state index >= 15 is 0 Å². The SMILES string of the molecule is CC(C)C[C@@H]1CCN(C(=O)c2cncc3cccnc23)C[C@H]1NC(=O)CNC(=O)C(F)(F)F. The summed E-state index contributed by atoms with van der Waals surface area (Å²) in [6.45, 7) is 3.93. The van der Waals surface area contributed by atoms with Gasteiger partial charge in [0.25, 0.3) is 5.91 Å². The number of nitrogens with zero attached hydrogens (tertiary/aromatic N) is 3. The zero-order valence-corrected chi connectivity index (χ0v) is 18.4. The van der Waals surface area contributed by atoms with E-state index in [2.05, 4.69) is 15.3 Å². The van der Waals surface area contributed by atoms with Gasteiger partial charge in [-0.3, -0.25) is 24.4 Å². The van der Waals surface area contributed by atoms with Crippen molar-refractivity contribution in [3.05, 3.63) is 36.3 Å². The number of fused-ring (bicyclic) bond motifs is 1. The minimum Gasteiger partial charge on any atom is -0.350 e. The average Bonchev–Trinajstić information content (AvgIpc) is 2.76. The van der Waals surface area contributed by atoms with Crippen molar-refractivity contribution >= 4 is 28.6 Å². The highest BCUT2D eigenvalue weighted by atomic mass is 19.4. The summed E-state index contributed by atoms with van der Waals surface area (Å²) in [5, 5.41) is 5.01. The number of pyridine rings is 2. The molecule has 0 aromatic carbocycles. The molecular weight excluding hydrogens is 439 g/mol. The first kappa shape index (κ1) is 24.4. The number of aromatic nitrogens is 2. The number of hydrogen-bond donors (Lipinski definition) is 2. The van der Waals surface area contributed by atoms with Crippen LogP contribution in [0, 0.1) is 11.8 Å². The molecule has 0 aliphatic carbocycles. The number of piperidine rings is 1. The molecule has 33 heavy (non-hydrogen) atoms. The van der Waals surface area contributed by atoms with Gasteiger partial charge < -0.3 is 15.5 Å². The van der Waals surface area contributed by atoms with Crippen molar-refractivity contribution in [2.24, 2.45) is 11.8 Å². The molecule has 8 nitrogen and oxygen atoms in total. The zero-order chi connectivity index (χ0) is 24.2. The molecule has 3 rings (SSSR count). The van der Waals surface area contributed by atoms with Gasteiger partial charge in [-0.05, 0) is 36.8 Å². The number of hydrogen-bond acceptors (Lipinski definition) is 5. The molecule has 0 spiro atoms. The predicted molar refractivity (Wildman–Crippen MR) is 114 cm³/mol. The Balaban J connectivity index is 1.72. The topological polar surface area (TPSA) is 104 Å². The molecule has 1 saturated heterocycles. The van der Waals surface area contributed by atoms with E-state index in [1.807, 2.05) is 13.8 Å². The number of carbonyl (C=O) groups excluding carboxylic acids is 3. The van der Waals surface area contributed by atoms with E-state index < -0.39 is 30.6 Å². The van der Waals surface area contributed by atoms with Crippen LogP contribution >= 0.6 is 0 Å². The normalized spacial score (nSPS) is 18.9. The average molecular weight is 465 g/mol. The molecule has 2 N–H and O–H groups in total. The summed E-state index contributed by atoms with van der Waals surface area (Å²) in [5.74, 6) is -2.82. The summed E-state index contributed by atoms with van der Waals surface area (Å²) >= 11 is 0. The minimum absolute atomic E-state index is 0.0417. The Labute approximate surface area is 188 Å². The summed E-state index contributed by atoms with van der Waals surface area (Å²) in [6.07, 6.45) is 1.00. The maximum atomic E-state index is 13.3. The fraction of sp³-hybridized carbons (Fsp3) is 0.500. The second kappa shape index (κ2) is 10.1. The number of amides is 3. The van der Waals surface area contributed by atoms with Crippen molar-refractivity contribution in [2.75, 3.05) is 19.6 Å². The van der Waals surface area contributed by atoms with Crippen LogP contribution in [0.2, 0.25) is 0 Å². The lowest BCUT2D eigenvalue weighted by molar-refractivity contribution is -0.173. The first-order chi connectivity index (χ1) is 15.6. The molecule has 1 aliphatic heterocycles. The first-order valence-corrected chi connectivity index (χ1v) is 10.7. The van der Waals surface area contributed by atoms with E-state index in [1.165, 1.54) is 6.20 Å². The number of rotatable bonds is 6. The number of halogens is 3. The molecule has 11 heteroatoms. The third kappa shape index (κ3) is 6.17. The van der Waals surface area contributed by atoms with Crippen LogP contribution in [0.5, 0.6) is 0 Å². The zero-order valence-electron chi connectivity index (χ0n) is 18.4. The van der Waals surface area contributed by atoms with Gasteiger partial charge in [0.05, 0.1) is 17.6 Å². The number of alkyl halides is 3. The fourth-order valence-corrected chi connectivity index (χ4v) is 4.08. The van der Waals surface area contributed by atoms with E-state index in [1.54, 1.807) is 34.7 Å². The van der Waals surface area contributed by atoms with Crippen LogP contribution in [0.4, 0.5) is 13.2 Å². The maximum absolute atomic E-state index is 13.3. The van der Waals surface area contributed by atoms with Crippen molar-refractivity contribution in [1.29, 1.82) is 0 Å². The molecule has 2 aromatic rings. The van der Waals surface area contributed by atoms with Crippen LogP contribution in [0.3, 0.4) is 0 Å². The van der Waals surface area contributed by atoms with Gasteiger partial charge >= 0.3 is 12.1 Å². The third-order valence-corrected chi connectivity index (χ3v) is 5.57. The van der Waals surface area contributed by atoms with Crippen molar-refractivity contribution in [3.63, 3.8) is 0 Å². The van der Waals surface area contributed by atoms with Crippen LogP contribution < -0.4 is 10.6 Å². The summed E-state index contributed by atoms with van der Waals surface area (Å²) in [4.78, 5) is 46.5. The lowest BCUT2D eigenvalue weighted by Gasteiger charge is -2.39. The number of nitrogens with one attached hydrogen (secondary N) is 2. The molecule has 3 amide bonds. The van der Waals surface area contributed by atoms with Gasteiger partial charge in [0.2, 0.25) is 5.91 Å². The monoisotopic (exact) mass is 465 g/mol. The molecular formula is C22H26F3N5O3. The Kier molecular flexibility index (Phi) is 7.50. The van der Waals surface area contributed by atoms with Gasteiger partial charge in [-0.1, -0.05) is 13.8 Å². The molecule has 3 heterocycles. The fourth-order valence-electron chi connectivity index (χ4n) is 4.08. The molecule has 2 aromatic heterocycles. The summed E-state index contributed by atoms with van der Waals surface area (Å²) in [7, 11) is 0. The maximum Gasteiger partial charge on any atom is 0.471 e. The summed E-state index contributed by atoms with van der Waals surface area (Å²) < 4.78 is 37.1. The van der Waals surface area contributed by atoms with Gasteiger partial charge in [0.15, 0.2) is 0 Å². The Hall–Kier alpha value is -3.24. The molecule has 0 bridgehead atoms. The Morgan fingerprint density at radius 3 is 2.70 bits per heavy atom. The Bertz CT molecular complexity index is 1020. The van der Waals surface area contributed by atoms with Crippen LogP contribution in [0.1, 0.15) is 37.0 Å². The van der Waals surface area contributed by atoms with Gasteiger partial charge in [0.1, 0.15) is 0 Å². The molecule has 0 saturated carbocycles. The van der Waals surface area contributed by atoms with E-state index in [4.69, 9.17) is 0 Å².